The van der Waals surface area contributed by atoms with Gasteiger partial charge in [0.15, 0.2) is 11.5 Å². The number of nitrogens with one attached hydrogen (secondary N) is 2. The van der Waals surface area contributed by atoms with Crippen molar-refractivity contribution in [1.82, 2.24) is 15.2 Å². The maximum absolute atomic E-state index is 12.8. The van der Waals surface area contributed by atoms with E-state index in [1.165, 1.54) is 57.6 Å². The van der Waals surface area contributed by atoms with E-state index in [1.54, 1.807) is 25.4 Å². The molecule has 14 heteroatoms. The quantitative estimate of drug-likeness (QED) is 0.0401. The average Bonchev–Trinajstić information content (AvgIpc) is 2.87. The maximum atomic E-state index is 12.8. The number of pyridine rings is 1. The summed E-state index contributed by atoms with van der Waals surface area (Å²) in [4.78, 5) is 58.2. The molecule has 12 nitrogen and oxygen atoms in total. The fraction of sp³-hybridized carbons (Fsp3) is 0.250. The number of aromatic hydroxyl groups is 2. The summed E-state index contributed by atoms with van der Waals surface area (Å²) < 4.78 is 4.41. The Kier molecular flexibility index (Phi) is 8.20. The van der Waals surface area contributed by atoms with E-state index < -0.39 is 33.2 Å². The molecule has 2 atom stereocenters. The highest BCUT2D eigenvalue weighted by Crippen LogP contribution is 2.43. The van der Waals surface area contributed by atoms with E-state index in [0.717, 1.165) is 12.5 Å². The van der Waals surface area contributed by atoms with Gasteiger partial charge in [0, 0.05) is 84.2 Å². The molecule has 0 aliphatic carbocycles. The van der Waals surface area contributed by atoms with Crippen molar-refractivity contribution in [2.45, 2.75) is 24.9 Å². The average molecular weight is 651 g/mol. The molecule has 2 aliphatic rings. The monoisotopic (exact) mass is 651 g/mol. The third kappa shape index (κ3) is 5.60. The van der Waals surface area contributed by atoms with Crippen LogP contribution in [0.25, 0.3) is 5.57 Å². The molecule has 0 unspecified atom stereocenters. The molecule has 0 bridgehead atoms. The fourth-order valence-electron chi connectivity index (χ4n) is 4.00. The first-order chi connectivity index (χ1) is 18.1. The molecule has 4 N–H and O–H groups in total. The van der Waals surface area contributed by atoms with Gasteiger partial charge in [-0.1, -0.05) is 6.07 Å². The second-order valence-electron chi connectivity index (χ2n) is 8.23. The largest absolute Gasteiger partial charge is 0.504 e. The normalized spacial score (nSPS) is 18.6. The topological polar surface area (TPSA) is 171 Å². The van der Waals surface area contributed by atoms with Gasteiger partial charge in [-0.2, -0.15) is 0 Å². The number of hydrogen-bond acceptors (Lipinski definition) is 11. The van der Waals surface area contributed by atoms with Crippen LogP contribution in [0.1, 0.15) is 23.7 Å². The molecule has 1 aromatic heterocycles. The zero-order valence-corrected chi connectivity index (χ0v) is 23.1. The molecule has 1 aromatic carbocycles. The number of rotatable bonds is 7. The van der Waals surface area contributed by atoms with E-state index in [-0.39, 0.29) is 17.2 Å². The number of phenols is 2. The molecule has 2 aromatic rings. The lowest BCUT2D eigenvalue weighted by Crippen LogP contribution is -2.70. The van der Waals surface area contributed by atoms with Gasteiger partial charge in [-0.15, -0.1) is 11.8 Å². The highest BCUT2D eigenvalue weighted by Gasteiger charge is 2.54. The van der Waals surface area contributed by atoms with Gasteiger partial charge in [0.1, 0.15) is 17.1 Å². The number of aromatic nitrogens is 1. The molecule has 2 amide bonds. The summed E-state index contributed by atoms with van der Waals surface area (Å²) in [5.74, 6) is -2.51. The van der Waals surface area contributed by atoms with Gasteiger partial charge in [0.2, 0.25) is 0 Å². The number of esters is 2. The van der Waals surface area contributed by atoms with Crippen LogP contribution in [0.15, 0.2) is 41.2 Å². The molecule has 0 saturated carbocycles. The number of carbonyl (C=O) groups excluding carboxylic acids is 4. The number of phenolic OH excluding ortho intramolecular Hbond substituents is 2. The van der Waals surface area contributed by atoms with Crippen molar-refractivity contribution in [2.75, 3.05) is 18.1 Å². The number of carbonyl (C=O) groups is 4. The molecule has 3 heterocycles. The van der Waals surface area contributed by atoms with Crippen LogP contribution in [0, 0.1) is 0 Å². The Morgan fingerprint density at radius 3 is 2.66 bits per heavy atom. The Balaban J connectivity index is 1.59. The number of nitrogens with zero attached hydrogens (tertiary/aromatic N) is 3. The van der Waals surface area contributed by atoms with Crippen LogP contribution in [0.4, 0.5) is 10.5 Å². The zero-order valence-electron chi connectivity index (χ0n) is 20.1. The number of anilines is 1. The maximum Gasteiger partial charge on any atom is 0.363 e. The van der Waals surface area contributed by atoms with Crippen molar-refractivity contribution in [3.05, 3.63) is 53.0 Å². The third-order valence-corrected chi connectivity index (χ3v) is 7.29. The lowest BCUT2D eigenvalue weighted by Gasteiger charge is -2.49. The summed E-state index contributed by atoms with van der Waals surface area (Å²) in [6, 6.07) is 5.46. The Labute approximate surface area is 234 Å². The van der Waals surface area contributed by atoms with Gasteiger partial charge in [-0.05, 0) is 17.7 Å². The van der Waals surface area contributed by atoms with Crippen molar-refractivity contribution in [1.29, 1.82) is 0 Å². The summed E-state index contributed by atoms with van der Waals surface area (Å²) in [6.45, 7) is 1.41. The van der Waals surface area contributed by atoms with E-state index in [0.29, 0.717) is 34.8 Å². The molecule has 38 heavy (non-hydrogen) atoms. The van der Waals surface area contributed by atoms with Crippen LogP contribution in [0.2, 0.25) is 0 Å². The van der Waals surface area contributed by atoms with E-state index in [1.807, 2.05) is 0 Å². The lowest BCUT2D eigenvalue weighted by atomic mass is 10.0. The van der Waals surface area contributed by atoms with Crippen molar-refractivity contribution in [3.63, 3.8) is 0 Å². The predicted molar refractivity (Wildman–Crippen MR) is 148 cm³/mol. The number of thioether (sulfide) groups is 1. The van der Waals surface area contributed by atoms with Gasteiger partial charge < -0.3 is 25.6 Å². The molecule has 198 valence electrons. The SMILES string of the molecule is CN=Cc1cc(O)c(O)cc1NCc1ccc(C2=C(C(=O)OC(C)=O)N3C(=O)[C@@H](NC(=O)I)[C@H]3SC2)nc1. The van der Waals surface area contributed by atoms with E-state index in [4.69, 9.17) is 4.74 Å². The smallest absolute Gasteiger partial charge is 0.363 e. The minimum Gasteiger partial charge on any atom is -0.504 e. The number of fused-ring (bicyclic) bond motifs is 1. The summed E-state index contributed by atoms with van der Waals surface area (Å²) in [5.41, 5.74) is 2.66. The Bertz CT molecular complexity index is 1380. The van der Waals surface area contributed by atoms with Crippen molar-refractivity contribution in [2.24, 2.45) is 4.99 Å². The minimum atomic E-state index is -0.963. The first-order valence-electron chi connectivity index (χ1n) is 11.1. The minimum absolute atomic E-state index is 0.0747. The number of benzene rings is 1. The standard InChI is InChI=1S/C24H22IN5O7S/c1-11(31)37-23(35)20-14(10-38-22-19(29-24(25)36)21(34)30(20)22)15-4-3-12(7-27-15)8-28-16-6-18(33)17(32)5-13(16)9-26-2/h3-7,9,19,22,28,32-33H,8,10H2,1-2H3,(H,29,36)/t19-,22-/m1/s1. The number of hydrogen-bond donors (Lipinski definition) is 4. The predicted octanol–water partition coefficient (Wildman–Crippen LogP) is 2.38. The molecule has 0 radical (unpaired) electrons. The van der Waals surface area contributed by atoms with Crippen LogP contribution >= 0.6 is 34.4 Å². The number of amides is 2. The molecule has 1 fully saturated rings. The van der Waals surface area contributed by atoms with Gasteiger partial charge >= 0.3 is 11.9 Å². The molecular weight excluding hydrogens is 629 g/mol. The number of ether oxygens (including phenoxy) is 1. The highest BCUT2D eigenvalue weighted by atomic mass is 127. The van der Waals surface area contributed by atoms with E-state index >= 15 is 0 Å². The van der Waals surface area contributed by atoms with E-state index in [2.05, 4.69) is 20.6 Å². The number of β-lactam (4-membered cyclic amide) rings is 1. The van der Waals surface area contributed by atoms with Crippen molar-refractivity contribution in [3.8, 4) is 11.5 Å². The lowest BCUT2D eigenvalue weighted by molar-refractivity contribution is -0.159. The van der Waals surface area contributed by atoms with Crippen LogP contribution in [-0.2, 0) is 25.7 Å². The van der Waals surface area contributed by atoms with Crippen LogP contribution in [0.3, 0.4) is 0 Å². The summed E-state index contributed by atoms with van der Waals surface area (Å²) in [7, 11) is 1.59. The van der Waals surface area contributed by atoms with E-state index in [9.17, 15) is 29.4 Å². The molecule has 0 spiro atoms. The molecular formula is C24H22IN5O7S. The van der Waals surface area contributed by atoms with Gasteiger partial charge in [-0.3, -0.25) is 29.3 Å². The Hall–Kier alpha value is -3.66. The zero-order chi connectivity index (χ0) is 27.6. The summed E-state index contributed by atoms with van der Waals surface area (Å²) in [6.07, 6.45) is 3.13. The van der Waals surface area contributed by atoms with Crippen LogP contribution in [-0.4, -0.2) is 72.3 Å². The van der Waals surface area contributed by atoms with Gasteiger partial charge in [0.05, 0.1) is 5.69 Å². The summed E-state index contributed by atoms with van der Waals surface area (Å²) >= 11 is 2.89. The van der Waals surface area contributed by atoms with Crippen LogP contribution in [0.5, 0.6) is 11.5 Å². The van der Waals surface area contributed by atoms with Crippen molar-refractivity contribution < 1.29 is 34.1 Å². The number of halogens is 1. The number of aliphatic imine (C=N–C) groups is 1. The van der Waals surface area contributed by atoms with Crippen LogP contribution < -0.4 is 10.6 Å². The molecule has 4 rings (SSSR count). The van der Waals surface area contributed by atoms with Crippen molar-refractivity contribution >= 4 is 73.6 Å². The summed E-state index contributed by atoms with van der Waals surface area (Å²) in [5, 5.41) is 24.8. The van der Waals surface area contributed by atoms with Gasteiger partial charge in [-0.25, -0.2) is 4.79 Å². The fourth-order valence-corrected chi connectivity index (χ4v) is 5.70. The second kappa shape index (κ2) is 11.4. The first-order valence-corrected chi connectivity index (χ1v) is 13.3. The Morgan fingerprint density at radius 2 is 2.03 bits per heavy atom. The third-order valence-electron chi connectivity index (χ3n) is 5.70. The molecule has 1 saturated heterocycles. The highest BCUT2D eigenvalue weighted by molar-refractivity contribution is 14.1. The molecule has 2 aliphatic heterocycles. The van der Waals surface area contributed by atoms with Gasteiger partial charge in [0.25, 0.3) is 9.82 Å². The Morgan fingerprint density at radius 1 is 1.29 bits per heavy atom. The first kappa shape index (κ1) is 27.4. The second-order valence-corrected chi connectivity index (χ2v) is 10.3.